The monoisotopic (exact) mass is 257 g/mol. The minimum absolute atomic E-state index is 0.686. The summed E-state index contributed by atoms with van der Waals surface area (Å²) >= 11 is 6.13. The highest BCUT2D eigenvalue weighted by molar-refractivity contribution is 6.26. The highest BCUT2D eigenvalue weighted by atomic mass is 35.5. The van der Waals surface area contributed by atoms with E-state index < -0.39 is 0 Å². The molecule has 4 heteroatoms. The van der Waals surface area contributed by atoms with Gasteiger partial charge in [0.05, 0.1) is 6.54 Å². The van der Waals surface area contributed by atoms with Gasteiger partial charge in [0.1, 0.15) is 0 Å². The highest BCUT2D eigenvalue weighted by Gasteiger charge is 2.18. The van der Waals surface area contributed by atoms with Gasteiger partial charge in [-0.15, -0.1) is 0 Å². The predicted molar refractivity (Wildman–Crippen MR) is 73.4 cm³/mol. The van der Waals surface area contributed by atoms with Crippen LogP contribution in [0.1, 0.15) is 11.1 Å². The average molecular weight is 258 g/mol. The molecule has 90 valence electrons. The zero-order valence-corrected chi connectivity index (χ0v) is 10.5. The van der Waals surface area contributed by atoms with E-state index in [0.29, 0.717) is 6.54 Å². The summed E-state index contributed by atoms with van der Waals surface area (Å²) < 4.78 is 1.64. The van der Waals surface area contributed by atoms with Gasteiger partial charge in [-0.25, -0.2) is 4.98 Å². The Kier molecular flexibility index (Phi) is 2.99. The van der Waals surface area contributed by atoms with Gasteiger partial charge >= 0.3 is 0 Å². The molecule has 2 aromatic rings. The zero-order chi connectivity index (χ0) is 12.4. The summed E-state index contributed by atoms with van der Waals surface area (Å²) in [5.74, 6) is 0.839. The molecule has 3 heterocycles. The Hall–Kier alpha value is -1.87. The molecular formula is C14H12ClN3. The van der Waals surface area contributed by atoms with Gasteiger partial charge in [0.25, 0.3) is 0 Å². The quantitative estimate of drug-likeness (QED) is 0.775. The van der Waals surface area contributed by atoms with Gasteiger partial charge in [-0.3, -0.25) is 9.40 Å². The Balaban J connectivity index is 1.94. The minimum Gasteiger partial charge on any atom is -0.265 e. The van der Waals surface area contributed by atoms with Crippen LogP contribution in [0.3, 0.4) is 0 Å². The molecule has 2 aromatic heterocycles. The number of anilines is 1. The summed E-state index contributed by atoms with van der Waals surface area (Å²) in [6.07, 6.45) is 8.43. The van der Waals surface area contributed by atoms with Crippen LogP contribution in [-0.2, 0) is 6.42 Å². The van der Waals surface area contributed by atoms with Crippen molar-refractivity contribution in [3.8, 4) is 0 Å². The number of halogens is 1. The van der Waals surface area contributed by atoms with Crippen LogP contribution in [0.4, 0.5) is 5.82 Å². The van der Waals surface area contributed by atoms with E-state index in [2.05, 4.69) is 22.1 Å². The average Bonchev–Trinajstić information content (AvgIpc) is 2.44. The third kappa shape index (κ3) is 2.09. The molecule has 0 aliphatic carbocycles. The van der Waals surface area contributed by atoms with Crippen molar-refractivity contribution in [1.82, 2.24) is 9.97 Å². The zero-order valence-electron chi connectivity index (χ0n) is 9.75. The molecule has 3 nitrogen and oxygen atoms in total. The van der Waals surface area contributed by atoms with Gasteiger partial charge in [-0.2, -0.15) is 0 Å². The second kappa shape index (κ2) is 4.78. The summed E-state index contributed by atoms with van der Waals surface area (Å²) in [7, 11) is 0. The molecule has 0 atom stereocenters. The Labute approximate surface area is 111 Å². The summed E-state index contributed by atoms with van der Waals surface area (Å²) in [6, 6.07) is 8.06. The standard InChI is InChI=1S/C14H12ClN3/c15-18-9-5-12(10-11-3-7-16-8-4-11)13-2-1-6-17-14(13)18/h1-8H,9-10H2. The van der Waals surface area contributed by atoms with Crippen LogP contribution in [0.25, 0.3) is 5.57 Å². The smallest absolute Gasteiger partial charge is 0.150 e. The van der Waals surface area contributed by atoms with Crippen molar-refractivity contribution < 1.29 is 0 Å². The molecule has 0 bridgehead atoms. The lowest BCUT2D eigenvalue weighted by Gasteiger charge is -2.23. The number of aromatic nitrogens is 2. The molecule has 0 unspecified atom stereocenters. The topological polar surface area (TPSA) is 29.0 Å². The van der Waals surface area contributed by atoms with Crippen LogP contribution in [0.15, 0.2) is 48.9 Å². The maximum Gasteiger partial charge on any atom is 0.150 e. The van der Waals surface area contributed by atoms with Gasteiger partial charge in [0.15, 0.2) is 5.82 Å². The molecule has 3 rings (SSSR count). The number of allylic oxidation sites excluding steroid dienone is 1. The van der Waals surface area contributed by atoms with Crippen molar-refractivity contribution in [2.75, 3.05) is 11.0 Å². The fourth-order valence-electron chi connectivity index (χ4n) is 2.12. The predicted octanol–water partition coefficient (Wildman–Crippen LogP) is 3.08. The highest BCUT2D eigenvalue weighted by Crippen LogP contribution is 2.32. The van der Waals surface area contributed by atoms with Gasteiger partial charge in [-0.05, 0) is 41.8 Å². The second-order valence-electron chi connectivity index (χ2n) is 4.18. The van der Waals surface area contributed by atoms with E-state index in [0.717, 1.165) is 17.8 Å². The lowest BCUT2D eigenvalue weighted by molar-refractivity contribution is 1.07. The summed E-state index contributed by atoms with van der Waals surface area (Å²) in [4.78, 5) is 8.37. The van der Waals surface area contributed by atoms with E-state index in [9.17, 15) is 0 Å². The second-order valence-corrected chi connectivity index (χ2v) is 4.59. The lowest BCUT2D eigenvalue weighted by atomic mass is 9.97. The molecule has 1 aliphatic rings. The van der Waals surface area contributed by atoms with Gasteiger partial charge in [-0.1, -0.05) is 6.08 Å². The third-order valence-corrected chi connectivity index (χ3v) is 3.30. The largest absolute Gasteiger partial charge is 0.265 e. The van der Waals surface area contributed by atoms with Crippen LogP contribution in [0, 0.1) is 0 Å². The van der Waals surface area contributed by atoms with E-state index in [-0.39, 0.29) is 0 Å². The van der Waals surface area contributed by atoms with E-state index in [1.165, 1.54) is 11.1 Å². The molecule has 0 radical (unpaired) electrons. The summed E-state index contributed by atoms with van der Waals surface area (Å²) in [5.41, 5.74) is 3.62. The first-order valence-electron chi connectivity index (χ1n) is 5.81. The minimum atomic E-state index is 0.686. The number of rotatable bonds is 2. The van der Waals surface area contributed by atoms with E-state index in [1.807, 2.05) is 30.6 Å². The molecule has 0 saturated carbocycles. The van der Waals surface area contributed by atoms with Gasteiger partial charge in [0, 0.05) is 35.9 Å². The molecule has 0 spiro atoms. The van der Waals surface area contributed by atoms with Crippen molar-refractivity contribution in [2.45, 2.75) is 6.42 Å². The number of nitrogens with zero attached hydrogens (tertiary/aromatic N) is 3. The molecule has 0 aromatic carbocycles. The lowest BCUT2D eigenvalue weighted by Crippen LogP contribution is -2.18. The first kappa shape index (κ1) is 11.2. The van der Waals surface area contributed by atoms with Crippen molar-refractivity contribution in [2.24, 2.45) is 0 Å². The first-order chi connectivity index (χ1) is 8.84. The van der Waals surface area contributed by atoms with Crippen molar-refractivity contribution in [3.05, 3.63) is 60.1 Å². The first-order valence-corrected chi connectivity index (χ1v) is 6.15. The molecule has 0 amide bonds. The van der Waals surface area contributed by atoms with E-state index >= 15 is 0 Å². The van der Waals surface area contributed by atoms with E-state index in [1.54, 1.807) is 10.6 Å². The Morgan fingerprint density at radius 3 is 2.83 bits per heavy atom. The summed E-state index contributed by atoms with van der Waals surface area (Å²) in [6.45, 7) is 0.686. The van der Waals surface area contributed by atoms with Crippen LogP contribution in [0.5, 0.6) is 0 Å². The molecule has 0 fully saturated rings. The van der Waals surface area contributed by atoms with Crippen LogP contribution in [-0.4, -0.2) is 16.5 Å². The Morgan fingerprint density at radius 2 is 2.00 bits per heavy atom. The maximum atomic E-state index is 6.13. The van der Waals surface area contributed by atoms with Gasteiger partial charge in [0.2, 0.25) is 0 Å². The van der Waals surface area contributed by atoms with Crippen molar-refractivity contribution in [3.63, 3.8) is 0 Å². The maximum absolute atomic E-state index is 6.13. The Bertz CT molecular complexity index is 581. The van der Waals surface area contributed by atoms with Crippen LogP contribution >= 0.6 is 11.8 Å². The third-order valence-electron chi connectivity index (χ3n) is 3.00. The number of pyridine rings is 2. The molecule has 0 N–H and O–H groups in total. The van der Waals surface area contributed by atoms with Crippen LogP contribution < -0.4 is 4.42 Å². The van der Waals surface area contributed by atoms with Crippen molar-refractivity contribution in [1.29, 1.82) is 0 Å². The number of hydrogen-bond acceptors (Lipinski definition) is 3. The molecule has 18 heavy (non-hydrogen) atoms. The van der Waals surface area contributed by atoms with Gasteiger partial charge < -0.3 is 0 Å². The molecule has 0 saturated heterocycles. The van der Waals surface area contributed by atoms with Crippen LogP contribution in [0.2, 0.25) is 0 Å². The molecular weight excluding hydrogens is 246 g/mol. The van der Waals surface area contributed by atoms with E-state index in [4.69, 9.17) is 11.8 Å². The number of fused-ring (bicyclic) bond motifs is 1. The Morgan fingerprint density at radius 1 is 1.17 bits per heavy atom. The SMILES string of the molecule is ClN1CC=C(Cc2ccncc2)c2cccnc21. The van der Waals surface area contributed by atoms with Crippen molar-refractivity contribution >= 4 is 23.2 Å². The number of hydrogen-bond donors (Lipinski definition) is 0. The fourth-order valence-corrected chi connectivity index (χ4v) is 2.32. The summed E-state index contributed by atoms with van der Waals surface area (Å²) in [5, 5.41) is 0. The normalized spacial score (nSPS) is 14.1. The fraction of sp³-hybridized carbons (Fsp3) is 0.143. The molecule has 1 aliphatic heterocycles.